The summed E-state index contributed by atoms with van der Waals surface area (Å²) in [6.07, 6.45) is 0. The quantitative estimate of drug-likeness (QED) is 0.213. The zero-order valence-electron chi connectivity index (χ0n) is 16.8. The van der Waals surface area contributed by atoms with Crippen LogP contribution in [0.25, 0.3) is 22.6 Å². The van der Waals surface area contributed by atoms with E-state index in [9.17, 15) is 4.79 Å². The number of carbonyl (C=O) groups excluding carboxylic acids is 1. The first-order valence-corrected chi connectivity index (χ1v) is 11.2. The van der Waals surface area contributed by atoms with E-state index in [4.69, 9.17) is 4.74 Å². The van der Waals surface area contributed by atoms with Crippen LogP contribution >= 0.6 is 23.1 Å². The second kappa shape index (κ2) is 9.63. The van der Waals surface area contributed by atoms with Crippen LogP contribution < -0.4 is 0 Å². The van der Waals surface area contributed by atoms with E-state index in [-0.39, 0.29) is 0 Å². The summed E-state index contributed by atoms with van der Waals surface area (Å²) in [5.41, 5.74) is 2.48. The van der Waals surface area contributed by atoms with E-state index in [1.807, 2.05) is 49.4 Å². The van der Waals surface area contributed by atoms with Crippen LogP contribution in [0.3, 0.4) is 0 Å². The minimum absolute atomic E-state index is 0.343. The third-order valence-electron chi connectivity index (χ3n) is 4.23. The van der Waals surface area contributed by atoms with Crippen molar-refractivity contribution in [3.05, 3.63) is 60.2 Å². The maximum Gasteiger partial charge on any atom is 0.338 e. The summed E-state index contributed by atoms with van der Waals surface area (Å²) in [6.45, 7) is 2.05. The highest BCUT2D eigenvalue weighted by Crippen LogP contribution is 2.35. The number of carbonyl (C=O) groups is 1. The van der Waals surface area contributed by atoms with Crippen LogP contribution in [0.15, 0.2) is 69.2 Å². The Labute approximate surface area is 186 Å². The largest absolute Gasteiger partial charge is 0.465 e. The maximum absolute atomic E-state index is 12.3. The van der Waals surface area contributed by atoms with Gasteiger partial charge >= 0.3 is 5.97 Å². The number of imidazole rings is 1. The fraction of sp³-hybridized carbons (Fsp3) is 0.143. The normalized spacial score (nSPS) is 11.2. The summed E-state index contributed by atoms with van der Waals surface area (Å²) < 4.78 is 5.77. The van der Waals surface area contributed by atoms with Crippen molar-refractivity contribution < 1.29 is 9.53 Å². The number of nitrogens with zero attached hydrogens (tertiary/aromatic N) is 5. The van der Waals surface area contributed by atoms with Crippen molar-refractivity contribution in [3.63, 3.8) is 0 Å². The third kappa shape index (κ3) is 4.70. The first-order valence-electron chi connectivity index (χ1n) is 9.40. The molecule has 4 rings (SSSR count). The first kappa shape index (κ1) is 20.9. The molecular formula is C21H18N6O2S2. The second-order valence-electron chi connectivity index (χ2n) is 6.17. The van der Waals surface area contributed by atoms with E-state index < -0.39 is 5.97 Å². The Morgan fingerprint density at radius 3 is 2.65 bits per heavy atom. The molecule has 4 aromatic rings. The van der Waals surface area contributed by atoms with E-state index in [1.54, 1.807) is 23.9 Å². The summed E-state index contributed by atoms with van der Waals surface area (Å²) in [5, 5.41) is 17.1. The van der Waals surface area contributed by atoms with E-state index in [1.165, 1.54) is 18.4 Å². The lowest BCUT2D eigenvalue weighted by molar-refractivity contribution is 0.0601. The molecule has 0 spiro atoms. The number of azo groups is 1. The SMILES string of the molecule is CCSc1nnc(N=Nc2nc(-c3ccccc3)[nH]c2-c2ccccc2C(=O)OC)s1. The lowest BCUT2D eigenvalue weighted by Crippen LogP contribution is -2.03. The van der Waals surface area contributed by atoms with E-state index >= 15 is 0 Å². The molecule has 0 aliphatic rings. The highest BCUT2D eigenvalue weighted by atomic mass is 32.2. The highest BCUT2D eigenvalue weighted by Gasteiger charge is 2.20. The number of esters is 1. The molecule has 0 amide bonds. The fourth-order valence-corrected chi connectivity index (χ4v) is 4.42. The molecule has 0 aliphatic heterocycles. The number of aromatic amines is 1. The topological polar surface area (TPSA) is 105 Å². The predicted octanol–water partition coefficient (Wildman–Crippen LogP) is 5.91. The molecule has 0 fully saturated rings. The number of benzene rings is 2. The van der Waals surface area contributed by atoms with Crippen LogP contribution in [0.4, 0.5) is 10.9 Å². The minimum atomic E-state index is -0.445. The smallest absolute Gasteiger partial charge is 0.338 e. The van der Waals surface area contributed by atoms with Crippen molar-refractivity contribution in [3.8, 4) is 22.6 Å². The molecule has 0 radical (unpaired) electrons. The van der Waals surface area contributed by atoms with Crippen molar-refractivity contribution >= 4 is 40.0 Å². The number of nitrogens with one attached hydrogen (secondary N) is 1. The monoisotopic (exact) mass is 450 g/mol. The number of rotatable bonds is 7. The van der Waals surface area contributed by atoms with Gasteiger partial charge < -0.3 is 9.72 Å². The Hall–Kier alpha value is -3.37. The van der Waals surface area contributed by atoms with Gasteiger partial charge in [0.2, 0.25) is 5.82 Å². The summed E-state index contributed by atoms with van der Waals surface area (Å²) in [5.74, 6) is 1.42. The highest BCUT2D eigenvalue weighted by molar-refractivity contribution is 8.01. The molecule has 31 heavy (non-hydrogen) atoms. The molecule has 2 aromatic carbocycles. The fourth-order valence-electron chi connectivity index (χ4n) is 2.86. The standard InChI is InChI=1S/C21H18N6O2S2/c1-3-30-21-27-26-20(31-21)25-24-18-16(14-11-7-8-12-15(14)19(28)29-2)22-17(23-18)13-9-5-4-6-10-13/h4-12H,3H2,1-2H3,(H,22,23). The summed E-state index contributed by atoms with van der Waals surface area (Å²) >= 11 is 2.96. The van der Waals surface area contributed by atoms with Gasteiger partial charge in [0, 0.05) is 11.1 Å². The number of hydrogen-bond acceptors (Lipinski definition) is 9. The number of H-pyrrole nitrogens is 1. The second-order valence-corrected chi connectivity index (χ2v) is 8.64. The van der Waals surface area contributed by atoms with E-state index in [0.29, 0.717) is 33.6 Å². The molecule has 0 saturated heterocycles. The van der Waals surface area contributed by atoms with Crippen LogP contribution in [0, 0.1) is 0 Å². The first-order chi connectivity index (χ1) is 15.2. The van der Waals surface area contributed by atoms with Gasteiger partial charge in [-0.05, 0) is 11.8 Å². The van der Waals surface area contributed by atoms with Gasteiger partial charge in [0.05, 0.1) is 18.4 Å². The number of thioether (sulfide) groups is 1. The van der Waals surface area contributed by atoms with Gasteiger partial charge in [-0.25, -0.2) is 9.78 Å². The molecule has 10 heteroatoms. The van der Waals surface area contributed by atoms with Gasteiger partial charge in [0.1, 0.15) is 5.82 Å². The Morgan fingerprint density at radius 2 is 1.87 bits per heavy atom. The molecule has 1 N–H and O–H groups in total. The Morgan fingerprint density at radius 1 is 1.10 bits per heavy atom. The van der Waals surface area contributed by atoms with Crippen molar-refractivity contribution in [2.45, 2.75) is 11.3 Å². The zero-order chi connectivity index (χ0) is 21.6. The van der Waals surface area contributed by atoms with Crippen molar-refractivity contribution in [1.82, 2.24) is 20.2 Å². The van der Waals surface area contributed by atoms with Crippen molar-refractivity contribution in [1.29, 1.82) is 0 Å². The van der Waals surface area contributed by atoms with E-state index in [0.717, 1.165) is 15.7 Å². The van der Waals surface area contributed by atoms with Gasteiger partial charge in [0.25, 0.3) is 5.13 Å². The van der Waals surface area contributed by atoms with E-state index in [2.05, 4.69) is 30.4 Å². The molecule has 0 saturated carbocycles. The van der Waals surface area contributed by atoms with Gasteiger partial charge in [-0.3, -0.25) is 0 Å². The van der Waals surface area contributed by atoms with Crippen LogP contribution in [0.2, 0.25) is 0 Å². The molecule has 8 nitrogen and oxygen atoms in total. The average molecular weight is 451 g/mol. The van der Waals surface area contributed by atoms with Crippen LogP contribution in [-0.2, 0) is 4.74 Å². The summed E-state index contributed by atoms with van der Waals surface area (Å²) in [4.78, 5) is 20.2. The van der Waals surface area contributed by atoms with Crippen LogP contribution in [0.1, 0.15) is 17.3 Å². The van der Waals surface area contributed by atoms with Crippen molar-refractivity contribution in [2.24, 2.45) is 10.2 Å². The number of methoxy groups -OCH3 is 1. The van der Waals surface area contributed by atoms with Crippen LogP contribution in [0.5, 0.6) is 0 Å². The third-order valence-corrected chi connectivity index (χ3v) is 6.05. The lowest BCUT2D eigenvalue weighted by atomic mass is 10.0. The van der Waals surface area contributed by atoms with Crippen LogP contribution in [-0.4, -0.2) is 39.0 Å². The summed E-state index contributed by atoms with van der Waals surface area (Å²) in [7, 11) is 1.35. The molecule has 0 unspecified atom stereocenters. The number of aromatic nitrogens is 4. The Kier molecular flexibility index (Phi) is 6.48. The molecule has 0 aliphatic carbocycles. The number of ether oxygens (including phenoxy) is 1. The van der Waals surface area contributed by atoms with Gasteiger partial charge in [-0.1, -0.05) is 78.6 Å². The molecular weight excluding hydrogens is 432 g/mol. The zero-order valence-corrected chi connectivity index (χ0v) is 18.4. The van der Waals surface area contributed by atoms with Crippen molar-refractivity contribution in [2.75, 3.05) is 12.9 Å². The molecule has 2 aromatic heterocycles. The molecule has 0 atom stereocenters. The molecule has 156 valence electrons. The Balaban J connectivity index is 1.79. The Bertz CT molecular complexity index is 1220. The molecule has 2 heterocycles. The average Bonchev–Trinajstić information content (AvgIpc) is 3.45. The number of hydrogen-bond donors (Lipinski definition) is 1. The van der Waals surface area contributed by atoms with Gasteiger partial charge in [-0.2, -0.15) is 0 Å². The predicted molar refractivity (Wildman–Crippen MR) is 121 cm³/mol. The summed E-state index contributed by atoms with van der Waals surface area (Å²) in [6, 6.07) is 16.8. The molecule has 0 bridgehead atoms. The van der Waals surface area contributed by atoms with Gasteiger partial charge in [0.15, 0.2) is 4.34 Å². The lowest BCUT2D eigenvalue weighted by Gasteiger charge is -2.06. The maximum atomic E-state index is 12.3. The van der Waals surface area contributed by atoms with Gasteiger partial charge in [-0.15, -0.1) is 20.4 Å². The minimum Gasteiger partial charge on any atom is -0.465 e.